The van der Waals surface area contributed by atoms with Crippen LogP contribution in [0.1, 0.15) is 0 Å². The fourth-order valence-corrected chi connectivity index (χ4v) is 6.09. The average molecular weight is 425 g/mol. The third-order valence-electron chi connectivity index (χ3n) is 4.50. The molecule has 2 aromatic carbocycles. The number of piperazine rings is 1. The van der Waals surface area contributed by atoms with Gasteiger partial charge in [-0.1, -0.05) is 36.4 Å². The molecule has 10 heteroatoms. The van der Waals surface area contributed by atoms with Gasteiger partial charge in [-0.05, 0) is 24.3 Å². The van der Waals surface area contributed by atoms with Crippen molar-refractivity contribution in [3.63, 3.8) is 0 Å². The lowest BCUT2D eigenvalue weighted by molar-refractivity contribution is -0.146. The second-order valence-electron chi connectivity index (χ2n) is 6.14. The van der Waals surface area contributed by atoms with Crippen molar-refractivity contribution in [2.45, 2.75) is 15.8 Å². The van der Waals surface area contributed by atoms with Crippen LogP contribution in [0.4, 0.5) is 0 Å². The molecule has 1 atom stereocenters. The van der Waals surface area contributed by atoms with Crippen molar-refractivity contribution >= 4 is 26.0 Å². The summed E-state index contributed by atoms with van der Waals surface area (Å²) in [7, 11) is -6.72. The van der Waals surface area contributed by atoms with Gasteiger partial charge in [-0.3, -0.25) is 4.79 Å². The van der Waals surface area contributed by atoms with E-state index in [0.29, 0.717) is 0 Å². The Bertz CT molecular complexity index is 1040. The summed E-state index contributed by atoms with van der Waals surface area (Å²) in [6, 6.07) is 14.2. The number of methoxy groups -OCH3 is 1. The first-order valence-corrected chi connectivity index (χ1v) is 11.4. The minimum absolute atomic E-state index is 0.0308. The van der Waals surface area contributed by atoms with Crippen LogP contribution in [-0.2, 0) is 29.6 Å². The lowest BCUT2D eigenvalue weighted by Crippen LogP contribution is -2.59. The van der Waals surface area contributed by atoms with Gasteiger partial charge in [0.15, 0.2) is 0 Å². The number of hydrogen-bond donors (Lipinski definition) is 0. The summed E-state index contributed by atoms with van der Waals surface area (Å²) in [6.45, 7) is -0.560. The van der Waals surface area contributed by atoms with Crippen molar-refractivity contribution in [1.82, 2.24) is 8.61 Å². The maximum atomic E-state index is 13.0. The number of carbonyl (C=O) groups is 1. The number of rotatable bonds is 5. The van der Waals surface area contributed by atoms with Gasteiger partial charge in [-0.15, -0.1) is 0 Å². The van der Waals surface area contributed by atoms with Gasteiger partial charge in [0.1, 0.15) is 6.04 Å². The highest BCUT2D eigenvalue weighted by Gasteiger charge is 2.43. The van der Waals surface area contributed by atoms with Crippen molar-refractivity contribution in [1.29, 1.82) is 0 Å². The van der Waals surface area contributed by atoms with E-state index >= 15 is 0 Å². The Morgan fingerprint density at radius 1 is 0.857 bits per heavy atom. The zero-order chi connectivity index (χ0) is 20.4. The van der Waals surface area contributed by atoms with E-state index in [-0.39, 0.29) is 29.4 Å². The Hall–Kier alpha value is -2.27. The molecule has 2 aromatic rings. The van der Waals surface area contributed by atoms with E-state index in [0.717, 1.165) is 15.7 Å². The Balaban J connectivity index is 1.94. The summed E-state index contributed by atoms with van der Waals surface area (Å²) >= 11 is 0. The van der Waals surface area contributed by atoms with Crippen molar-refractivity contribution in [3.8, 4) is 0 Å². The first-order chi connectivity index (χ1) is 13.3. The smallest absolute Gasteiger partial charge is 0.325 e. The number of nitrogens with zero attached hydrogens (tertiary/aromatic N) is 2. The van der Waals surface area contributed by atoms with Crippen molar-refractivity contribution in [2.24, 2.45) is 0 Å². The molecule has 3 rings (SSSR count). The van der Waals surface area contributed by atoms with Crippen molar-refractivity contribution in [2.75, 3.05) is 26.7 Å². The summed E-state index contributed by atoms with van der Waals surface area (Å²) in [5.41, 5.74) is 0. The van der Waals surface area contributed by atoms with E-state index in [1.807, 2.05) is 0 Å². The standard InChI is InChI=1S/C18H20N2O6S2/c1-26-18(21)17-14-19(27(22,23)15-8-4-2-5-9-15)12-13-20(17)28(24,25)16-10-6-3-7-11-16/h2-11,17H,12-14H2,1H3/t17-/m0/s1. The summed E-state index contributed by atoms with van der Waals surface area (Å²) < 4.78 is 58.6. The van der Waals surface area contributed by atoms with Crippen LogP contribution in [0.2, 0.25) is 0 Å². The highest BCUT2D eigenvalue weighted by molar-refractivity contribution is 7.89. The van der Waals surface area contributed by atoms with Crippen LogP contribution in [0.5, 0.6) is 0 Å². The molecule has 0 bridgehead atoms. The summed E-state index contributed by atoms with van der Waals surface area (Å²) in [5, 5.41) is 0. The van der Waals surface area contributed by atoms with Gasteiger partial charge in [0, 0.05) is 19.6 Å². The zero-order valence-corrected chi connectivity index (χ0v) is 16.8. The lowest BCUT2D eigenvalue weighted by Gasteiger charge is -2.38. The molecule has 0 aliphatic carbocycles. The highest BCUT2D eigenvalue weighted by atomic mass is 32.2. The summed E-state index contributed by atoms with van der Waals surface area (Å²) in [5.74, 6) is -0.813. The normalized spacial score (nSPS) is 19.2. The Labute approximate surface area is 164 Å². The molecule has 0 aromatic heterocycles. The van der Waals surface area contributed by atoms with Crippen molar-refractivity contribution in [3.05, 3.63) is 60.7 Å². The molecule has 1 saturated heterocycles. The molecule has 0 amide bonds. The van der Waals surface area contributed by atoms with Gasteiger partial charge >= 0.3 is 5.97 Å². The molecule has 1 aliphatic rings. The van der Waals surface area contributed by atoms with Crippen molar-refractivity contribution < 1.29 is 26.4 Å². The van der Waals surface area contributed by atoms with Crippen LogP contribution >= 0.6 is 0 Å². The highest BCUT2D eigenvalue weighted by Crippen LogP contribution is 2.25. The van der Waals surface area contributed by atoms with Crippen LogP contribution in [0, 0.1) is 0 Å². The second-order valence-corrected chi connectivity index (χ2v) is 9.97. The maximum absolute atomic E-state index is 13.0. The lowest BCUT2D eigenvalue weighted by atomic mass is 10.2. The van der Waals surface area contributed by atoms with Gasteiger partial charge < -0.3 is 4.74 Å². The SMILES string of the molecule is COC(=O)[C@@H]1CN(S(=O)(=O)c2ccccc2)CCN1S(=O)(=O)c1ccccc1. The minimum Gasteiger partial charge on any atom is -0.468 e. The molecule has 8 nitrogen and oxygen atoms in total. The number of sulfonamides is 2. The predicted molar refractivity (Wildman–Crippen MR) is 101 cm³/mol. The average Bonchev–Trinajstić information content (AvgIpc) is 2.74. The van der Waals surface area contributed by atoms with Crippen LogP contribution < -0.4 is 0 Å². The number of benzene rings is 2. The molecular formula is C18H20N2O6S2. The zero-order valence-electron chi connectivity index (χ0n) is 15.1. The third-order valence-corrected chi connectivity index (χ3v) is 8.30. The quantitative estimate of drug-likeness (QED) is 0.662. The summed E-state index contributed by atoms with van der Waals surface area (Å²) in [6.07, 6.45) is 0. The molecule has 1 aliphatic heterocycles. The van der Waals surface area contributed by atoms with E-state index in [4.69, 9.17) is 4.74 Å². The molecule has 0 unspecified atom stereocenters. The second kappa shape index (κ2) is 8.00. The molecule has 0 saturated carbocycles. The first kappa shape index (κ1) is 20.5. The Morgan fingerprint density at radius 3 is 1.86 bits per heavy atom. The molecule has 1 heterocycles. The topological polar surface area (TPSA) is 101 Å². The van der Waals surface area contributed by atoms with E-state index in [2.05, 4.69) is 0 Å². The van der Waals surface area contributed by atoms with Gasteiger partial charge in [0.05, 0.1) is 16.9 Å². The molecule has 28 heavy (non-hydrogen) atoms. The van der Waals surface area contributed by atoms with Gasteiger partial charge in [-0.25, -0.2) is 16.8 Å². The Morgan fingerprint density at radius 2 is 1.36 bits per heavy atom. The number of esters is 1. The molecule has 1 fully saturated rings. The van der Waals surface area contributed by atoms with E-state index in [9.17, 15) is 21.6 Å². The Kier molecular flexibility index (Phi) is 5.84. The number of hydrogen-bond acceptors (Lipinski definition) is 6. The number of ether oxygens (including phenoxy) is 1. The molecular weight excluding hydrogens is 404 g/mol. The van der Waals surface area contributed by atoms with E-state index < -0.39 is 32.1 Å². The third kappa shape index (κ3) is 3.81. The van der Waals surface area contributed by atoms with Gasteiger partial charge in [0.2, 0.25) is 20.0 Å². The fourth-order valence-electron chi connectivity index (χ4n) is 3.04. The van der Waals surface area contributed by atoms with E-state index in [1.54, 1.807) is 36.4 Å². The van der Waals surface area contributed by atoms with Crippen LogP contribution in [0.25, 0.3) is 0 Å². The minimum atomic E-state index is -3.99. The van der Waals surface area contributed by atoms with Gasteiger partial charge in [0.25, 0.3) is 0 Å². The van der Waals surface area contributed by atoms with Crippen LogP contribution in [0.3, 0.4) is 0 Å². The largest absolute Gasteiger partial charge is 0.468 e. The van der Waals surface area contributed by atoms with Crippen LogP contribution in [0.15, 0.2) is 70.5 Å². The molecule has 0 radical (unpaired) electrons. The van der Waals surface area contributed by atoms with Gasteiger partial charge in [-0.2, -0.15) is 8.61 Å². The van der Waals surface area contributed by atoms with Crippen LogP contribution in [-0.4, -0.2) is 64.2 Å². The fraction of sp³-hybridized carbons (Fsp3) is 0.278. The van der Waals surface area contributed by atoms with E-state index in [1.165, 1.54) is 24.3 Å². The molecule has 0 spiro atoms. The predicted octanol–water partition coefficient (Wildman–Crippen LogP) is 0.923. The maximum Gasteiger partial charge on any atom is 0.325 e. The first-order valence-electron chi connectivity index (χ1n) is 8.48. The monoisotopic (exact) mass is 424 g/mol. The number of carbonyl (C=O) groups excluding carboxylic acids is 1. The summed E-state index contributed by atoms with van der Waals surface area (Å²) in [4.78, 5) is 12.4. The molecule has 0 N–H and O–H groups in total. The molecule has 150 valence electrons.